The molecule has 0 radical (unpaired) electrons. The highest BCUT2D eigenvalue weighted by molar-refractivity contribution is 7.85. The van der Waals surface area contributed by atoms with E-state index in [9.17, 15) is 13.2 Å². The Morgan fingerprint density at radius 1 is 1.16 bits per heavy atom. The van der Waals surface area contributed by atoms with Gasteiger partial charge < -0.3 is 15.3 Å². The molecule has 7 nitrogen and oxygen atoms in total. The van der Waals surface area contributed by atoms with E-state index in [0.717, 1.165) is 11.2 Å². The summed E-state index contributed by atoms with van der Waals surface area (Å²) >= 11 is 0. The van der Waals surface area contributed by atoms with Gasteiger partial charge in [-0.25, -0.2) is 4.79 Å². The lowest BCUT2D eigenvalue weighted by atomic mass is 10.2. The number of aromatic amines is 2. The van der Waals surface area contributed by atoms with Gasteiger partial charge in [0, 0.05) is 12.2 Å². The summed E-state index contributed by atoms with van der Waals surface area (Å²) in [5.74, 6) is -0.223. The first-order chi connectivity index (χ1) is 8.94. The zero-order valence-corrected chi connectivity index (χ0v) is 11.0. The maximum absolute atomic E-state index is 11.1. The van der Waals surface area contributed by atoms with Crippen LogP contribution in [0.25, 0.3) is 11.0 Å². The Morgan fingerprint density at radius 2 is 1.89 bits per heavy atom. The number of nitrogens with one attached hydrogen (secondary N) is 3. The van der Waals surface area contributed by atoms with E-state index in [2.05, 4.69) is 15.3 Å². The fourth-order valence-electron chi connectivity index (χ4n) is 1.78. The molecule has 8 heteroatoms. The first-order valence-electron chi connectivity index (χ1n) is 5.85. The summed E-state index contributed by atoms with van der Waals surface area (Å²) in [5, 5.41) is 3.12. The van der Waals surface area contributed by atoms with Crippen LogP contribution in [0.4, 0.5) is 5.69 Å². The van der Waals surface area contributed by atoms with Crippen molar-refractivity contribution in [3.63, 3.8) is 0 Å². The van der Waals surface area contributed by atoms with Gasteiger partial charge in [0.15, 0.2) is 0 Å². The second kappa shape index (κ2) is 5.45. The van der Waals surface area contributed by atoms with Crippen molar-refractivity contribution in [2.45, 2.75) is 12.8 Å². The Labute approximate surface area is 109 Å². The van der Waals surface area contributed by atoms with Gasteiger partial charge in [-0.2, -0.15) is 8.42 Å². The molecule has 0 bridgehead atoms. The van der Waals surface area contributed by atoms with Crippen LogP contribution in [0.1, 0.15) is 12.8 Å². The monoisotopic (exact) mass is 285 g/mol. The van der Waals surface area contributed by atoms with Gasteiger partial charge in [0.25, 0.3) is 10.1 Å². The Bertz CT molecular complexity index is 717. The number of imidazole rings is 1. The lowest BCUT2D eigenvalue weighted by Crippen LogP contribution is -2.07. The lowest BCUT2D eigenvalue weighted by Gasteiger charge is -2.05. The van der Waals surface area contributed by atoms with Crippen LogP contribution < -0.4 is 11.0 Å². The number of anilines is 1. The molecule has 0 fully saturated rings. The van der Waals surface area contributed by atoms with Crippen LogP contribution in [0.3, 0.4) is 0 Å². The Hall–Kier alpha value is -1.80. The van der Waals surface area contributed by atoms with E-state index >= 15 is 0 Å². The molecular formula is C11H15N3O4S. The predicted octanol–water partition coefficient (Wildman–Crippen LogP) is 0.936. The highest BCUT2D eigenvalue weighted by atomic mass is 32.2. The van der Waals surface area contributed by atoms with E-state index in [4.69, 9.17) is 4.55 Å². The van der Waals surface area contributed by atoms with Crippen LogP contribution in [-0.2, 0) is 10.1 Å². The van der Waals surface area contributed by atoms with Crippen molar-refractivity contribution < 1.29 is 13.0 Å². The summed E-state index contributed by atoms with van der Waals surface area (Å²) in [6.45, 7) is 0.593. The molecule has 0 spiro atoms. The van der Waals surface area contributed by atoms with Gasteiger partial charge >= 0.3 is 5.69 Å². The SMILES string of the molecule is O=c1[nH]c2ccc(NCCCCS(=O)(=O)O)cc2[nH]1. The van der Waals surface area contributed by atoms with Gasteiger partial charge in [-0.05, 0) is 31.0 Å². The summed E-state index contributed by atoms with van der Waals surface area (Å²) in [4.78, 5) is 16.4. The maximum atomic E-state index is 11.1. The van der Waals surface area contributed by atoms with Crippen LogP contribution in [0.2, 0.25) is 0 Å². The van der Waals surface area contributed by atoms with Crippen molar-refractivity contribution in [2.75, 3.05) is 17.6 Å². The largest absolute Gasteiger partial charge is 0.385 e. The van der Waals surface area contributed by atoms with Crippen molar-refractivity contribution >= 4 is 26.8 Å². The zero-order chi connectivity index (χ0) is 13.9. The van der Waals surface area contributed by atoms with E-state index in [-0.39, 0.29) is 11.4 Å². The summed E-state index contributed by atoms with van der Waals surface area (Å²) in [5.41, 5.74) is 2.05. The van der Waals surface area contributed by atoms with E-state index in [1.54, 1.807) is 12.1 Å². The summed E-state index contributed by atoms with van der Waals surface area (Å²) in [6, 6.07) is 5.42. The standard InChI is InChI=1S/C11H15N3O4S/c15-11-13-9-4-3-8(7-10(9)14-11)12-5-1-2-6-19(16,17)18/h3-4,7,12H,1-2,5-6H2,(H2,13,14,15)(H,16,17,18). The highest BCUT2D eigenvalue weighted by Crippen LogP contribution is 2.14. The molecule has 0 atom stereocenters. The minimum absolute atomic E-state index is 0.223. The van der Waals surface area contributed by atoms with Gasteiger partial charge in [-0.3, -0.25) is 4.55 Å². The average molecular weight is 285 g/mol. The molecule has 0 aliphatic carbocycles. The van der Waals surface area contributed by atoms with E-state index < -0.39 is 10.1 Å². The minimum Gasteiger partial charge on any atom is -0.385 e. The highest BCUT2D eigenvalue weighted by Gasteiger charge is 2.03. The smallest absolute Gasteiger partial charge is 0.323 e. The fraction of sp³-hybridized carbons (Fsp3) is 0.364. The molecule has 0 unspecified atom stereocenters. The Kier molecular flexibility index (Phi) is 3.91. The second-order valence-electron chi connectivity index (χ2n) is 4.26. The molecule has 0 aliphatic heterocycles. The molecule has 1 heterocycles. The summed E-state index contributed by atoms with van der Waals surface area (Å²) < 4.78 is 29.6. The predicted molar refractivity (Wildman–Crippen MR) is 73.1 cm³/mol. The number of benzene rings is 1. The summed E-state index contributed by atoms with van der Waals surface area (Å²) in [6.07, 6.45) is 1.02. The third-order valence-electron chi connectivity index (χ3n) is 2.67. The molecule has 4 N–H and O–H groups in total. The van der Waals surface area contributed by atoms with Crippen LogP contribution in [0, 0.1) is 0 Å². The number of hydrogen-bond donors (Lipinski definition) is 4. The van der Waals surface area contributed by atoms with Crippen LogP contribution in [0.5, 0.6) is 0 Å². The molecule has 0 amide bonds. The van der Waals surface area contributed by atoms with Crippen LogP contribution in [0.15, 0.2) is 23.0 Å². The van der Waals surface area contributed by atoms with Gasteiger partial charge in [0.2, 0.25) is 0 Å². The third kappa shape index (κ3) is 4.11. The van der Waals surface area contributed by atoms with E-state index in [1.807, 2.05) is 6.07 Å². The van der Waals surface area contributed by atoms with E-state index in [1.165, 1.54) is 0 Å². The van der Waals surface area contributed by atoms with Crippen LogP contribution in [-0.4, -0.2) is 35.2 Å². The molecule has 0 aliphatic rings. The Morgan fingerprint density at radius 3 is 2.63 bits per heavy atom. The first kappa shape index (κ1) is 13.6. The number of aromatic nitrogens is 2. The first-order valence-corrected chi connectivity index (χ1v) is 7.46. The second-order valence-corrected chi connectivity index (χ2v) is 5.83. The van der Waals surface area contributed by atoms with E-state index in [0.29, 0.717) is 24.9 Å². The number of unbranched alkanes of at least 4 members (excludes halogenated alkanes) is 1. The van der Waals surface area contributed by atoms with Gasteiger partial charge in [-0.1, -0.05) is 0 Å². The minimum atomic E-state index is -3.87. The Balaban J connectivity index is 1.86. The zero-order valence-electron chi connectivity index (χ0n) is 10.1. The third-order valence-corrected chi connectivity index (χ3v) is 3.48. The lowest BCUT2D eigenvalue weighted by molar-refractivity contribution is 0.480. The summed E-state index contributed by atoms with van der Waals surface area (Å²) in [7, 11) is -3.87. The van der Waals surface area contributed by atoms with Crippen molar-refractivity contribution in [1.82, 2.24) is 9.97 Å². The maximum Gasteiger partial charge on any atom is 0.323 e. The molecule has 1 aromatic heterocycles. The van der Waals surface area contributed by atoms with Crippen molar-refractivity contribution in [3.8, 4) is 0 Å². The van der Waals surface area contributed by atoms with Gasteiger partial charge in [0.05, 0.1) is 16.8 Å². The number of H-pyrrole nitrogens is 2. The number of rotatable bonds is 6. The average Bonchev–Trinajstić information content (AvgIpc) is 2.66. The molecule has 1 aromatic carbocycles. The molecule has 104 valence electrons. The van der Waals surface area contributed by atoms with Gasteiger partial charge in [0.1, 0.15) is 0 Å². The van der Waals surface area contributed by atoms with Crippen molar-refractivity contribution in [2.24, 2.45) is 0 Å². The molecule has 0 saturated carbocycles. The fourth-order valence-corrected chi connectivity index (χ4v) is 2.35. The topological polar surface area (TPSA) is 115 Å². The normalized spacial score (nSPS) is 11.8. The van der Waals surface area contributed by atoms with Crippen molar-refractivity contribution in [3.05, 3.63) is 28.7 Å². The number of hydrogen-bond acceptors (Lipinski definition) is 4. The molecule has 2 aromatic rings. The molecule has 0 saturated heterocycles. The van der Waals surface area contributed by atoms with Crippen LogP contribution >= 0.6 is 0 Å². The number of fused-ring (bicyclic) bond motifs is 1. The quantitative estimate of drug-likeness (QED) is 0.465. The van der Waals surface area contributed by atoms with Gasteiger partial charge in [-0.15, -0.1) is 0 Å². The molecular weight excluding hydrogens is 270 g/mol. The van der Waals surface area contributed by atoms with Crippen molar-refractivity contribution in [1.29, 1.82) is 0 Å². The molecule has 2 rings (SSSR count). The molecule has 19 heavy (non-hydrogen) atoms.